The van der Waals surface area contributed by atoms with Crippen LogP contribution >= 0.6 is 0 Å². The van der Waals surface area contributed by atoms with E-state index in [1.165, 1.54) is 22.2 Å². The van der Waals surface area contributed by atoms with Crippen molar-refractivity contribution in [1.29, 1.82) is 0 Å². The zero-order chi connectivity index (χ0) is 14.5. The van der Waals surface area contributed by atoms with Crippen LogP contribution < -0.4 is 0 Å². The maximum absolute atomic E-state index is 6.19. The van der Waals surface area contributed by atoms with Gasteiger partial charge in [-0.15, -0.1) is 0 Å². The summed E-state index contributed by atoms with van der Waals surface area (Å²) in [4.78, 5) is 6.19. The van der Waals surface area contributed by atoms with Crippen molar-refractivity contribution in [2.24, 2.45) is 0 Å². The Morgan fingerprint density at radius 2 is 1.82 bits per heavy atom. The van der Waals surface area contributed by atoms with Crippen molar-refractivity contribution < 1.29 is 4.84 Å². The molecule has 2 bridgehead atoms. The van der Waals surface area contributed by atoms with Crippen LogP contribution in [0.4, 0.5) is 0 Å². The molecule has 0 amide bonds. The molecule has 3 nitrogen and oxygen atoms in total. The topological polar surface area (TPSA) is 17.4 Å². The fourth-order valence-electron chi connectivity index (χ4n) is 3.88. The molecule has 0 unspecified atom stereocenters. The number of fused-ring (bicyclic) bond motifs is 6. The Morgan fingerprint density at radius 1 is 1.00 bits per heavy atom. The normalized spacial score (nSPS) is 23.8. The molecule has 2 atom stereocenters. The van der Waals surface area contributed by atoms with E-state index in [-0.39, 0.29) is 0 Å². The smallest absolute Gasteiger partial charge is 0.0991 e. The summed E-state index contributed by atoms with van der Waals surface area (Å²) in [5.41, 5.74) is 4.03. The number of hydroxylamine groups is 2. The molecular weight excluding hydrogens is 272 g/mol. The van der Waals surface area contributed by atoms with Gasteiger partial charge in [-0.05, 0) is 23.1 Å². The molecule has 0 saturated carbocycles. The Hall–Kier alpha value is -2.10. The van der Waals surface area contributed by atoms with Gasteiger partial charge in [-0.3, -0.25) is 4.84 Å². The first-order valence-electron chi connectivity index (χ1n) is 7.94. The summed E-state index contributed by atoms with van der Waals surface area (Å²) in [5.74, 6) is 0. The largest absolute Gasteiger partial charge is 0.340 e. The molecule has 2 aromatic carbocycles. The fourth-order valence-corrected chi connectivity index (χ4v) is 3.88. The van der Waals surface area contributed by atoms with Crippen molar-refractivity contribution >= 4 is 10.9 Å². The average molecular weight is 290 g/mol. The van der Waals surface area contributed by atoms with Gasteiger partial charge in [0.25, 0.3) is 0 Å². The first-order chi connectivity index (χ1) is 10.9. The molecule has 0 aliphatic carbocycles. The van der Waals surface area contributed by atoms with Crippen molar-refractivity contribution in [3.8, 4) is 0 Å². The quantitative estimate of drug-likeness (QED) is 0.712. The molecule has 1 aromatic heterocycles. The Morgan fingerprint density at radius 3 is 2.73 bits per heavy atom. The molecule has 1 saturated heterocycles. The van der Waals surface area contributed by atoms with E-state index in [0.717, 1.165) is 19.5 Å². The molecule has 0 N–H and O–H groups in total. The third-order valence-electron chi connectivity index (χ3n) is 4.87. The number of para-hydroxylation sites is 1. The Labute approximate surface area is 129 Å². The van der Waals surface area contributed by atoms with E-state index >= 15 is 0 Å². The standard InChI is InChI=1S/C19H18N2O/c1-2-6-14(7-3-1)12-21-19-11-16(22-21)13-20-17-9-5-4-8-15(17)10-18(19)20/h1-10,16,19H,11-13H2/t16-,19+/m0/s1. The Bertz CT molecular complexity index is 824. The molecule has 110 valence electrons. The predicted molar refractivity (Wildman–Crippen MR) is 86.2 cm³/mol. The van der Waals surface area contributed by atoms with Gasteiger partial charge >= 0.3 is 0 Å². The minimum Gasteiger partial charge on any atom is -0.340 e. The minimum atomic E-state index is 0.303. The average Bonchev–Trinajstić information content (AvgIpc) is 3.09. The fraction of sp³-hybridized carbons (Fsp3) is 0.263. The van der Waals surface area contributed by atoms with Gasteiger partial charge in [0.1, 0.15) is 0 Å². The first kappa shape index (κ1) is 12.4. The van der Waals surface area contributed by atoms with E-state index in [1.54, 1.807) is 0 Å². The zero-order valence-corrected chi connectivity index (χ0v) is 12.4. The van der Waals surface area contributed by atoms with Crippen LogP contribution in [-0.2, 0) is 17.9 Å². The lowest BCUT2D eigenvalue weighted by atomic mass is 10.0. The summed E-state index contributed by atoms with van der Waals surface area (Å²) in [7, 11) is 0. The van der Waals surface area contributed by atoms with Crippen molar-refractivity contribution in [2.45, 2.75) is 31.7 Å². The SMILES string of the molecule is c1ccc(CN2O[C@H]3C[C@@H]2c2cc4ccccc4n2C3)cc1. The van der Waals surface area contributed by atoms with E-state index in [0.29, 0.717) is 12.1 Å². The number of hydrogen-bond acceptors (Lipinski definition) is 2. The highest BCUT2D eigenvalue weighted by molar-refractivity contribution is 5.81. The molecule has 0 spiro atoms. The number of aromatic nitrogens is 1. The van der Waals surface area contributed by atoms with Gasteiger partial charge in [-0.1, -0.05) is 48.5 Å². The van der Waals surface area contributed by atoms with Crippen molar-refractivity contribution in [3.05, 3.63) is 71.9 Å². The molecule has 3 aromatic rings. The summed E-state index contributed by atoms with van der Waals surface area (Å²) in [5, 5.41) is 3.52. The highest BCUT2D eigenvalue weighted by Crippen LogP contribution is 2.42. The van der Waals surface area contributed by atoms with Crippen molar-refractivity contribution in [3.63, 3.8) is 0 Å². The second-order valence-corrected chi connectivity index (χ2v) is 6.28. The number of benzene rings is 2. The van der Waals surface area contributed by atoms with E-state index in [1.807, 2.05) is 0 Å². The number of rotatable bonds is 2. The summed E-state index contributed by atoms with van der Waals surface area (Å²) >= 11 is 0. The molecule has 5 rings (SSSR count). The molecule has 0 radical (unpaired) electrons. The third-order valence-corrected chi connectivity index (χ3v) is 4.87. The molecule has 2 aliphatic heterocycles. The van der Waals surface area contributed by atoms with E-state index in [2.05, 4.69) is 70.3 Å². The Balaban J connectivity index is 1.54. The zero-order valence-electron chi connectivity index (χ0n) is 12.4. The molecule has 3 heteroatoms. The Kier molecular flexibility index (Phi) is 2.66. The second kappa shape index (κ2) is 4.70. The van der Waals surface area contributed by atoms with E-state index in [4.69, 9.17) is 4.84 Å². The lowest BCUT2D eigenvalue weighted by Crippen LogP contribution is -2.23. The van der Waals surface area contributed by atoms with Gasteiger partial charge < -0.3 is 4.57 Å². The summed E-state index contributed by atoms with van der Waals surface area (Å²) in [6, 6.07) is 21.9. The van der Waals surface area contributed by atoms with Gasteiger partial charge in [0, 0.05) is 24.2 Å². The van der Waals surface area contributed by atoms with E-state index < -0.39 is 0 Å². The van der Waals surface area contributed by atoms with Crippen LogP contribution in [0.25, 0.3) is 10.9 Å². The predicted octanol–water partition coefficient (Wildman–Crippen LogP) is 3.90. The number of hydrogen-bond donors (Lipinski definition) is 0. The van der Waals surface area contributed by atoms with Crippen molar-refractivity contribution in [1.82, 2.24) is 9.63 Å². The van der Waals surface area contributed by atoms with Gasteiger partial charge in [0.15, 0.2) is 0 Å². The summed E-state index contributed by atoms with van der Waals surface area (Å²) < 4.78 is 2.44. The minimum absolute atomic E-state index is 0.303. The molecule has 2 aliphatic rings. The highest BCUT2D eigenvalue weighted by atomic mass is 16.7. The summed E-state index contributed by atoms with van der Waals surface area (Å²) in [6.07, 6.45) is 1.40. The lowest BCUT2D eigenvalue weighted by Gasteiger charge is -2.23. The lowest BCUT2D eigenvalue weighted by molar-refractivity contribution is -0.167. The summed E-state index contributed by atoms with van der Waals surface area (Å²) in [6.45, 7) is 1.81. The van der Waals surface area contributed by atoms with Gasteiger partial charge in [-0.25, -0.2) is 0 Å². The highest BCUT2D eigenvalue weighted by Gasteiger charge is 2.40. The van der Waals surface area contributed by atoms with Crippen LogP contribution in [-0.4, -0.2) is 15.7 Å². The second-order valence-electron chi connectivity index (χ2n) is 6.28. The number of nitrogens with zero attached hydrogens (tertiary/aromatic N) is 2. The van der Waals surface area contributed by atoms with Gasteiger partial charge in [0.05, 0.1) is 18.7 Å². The molecule has 22 heavy (non-hydrogen) atoms. The van der Waals surface area contributed by atoms with Gasteiger partial charge in [0.2, 0.25) is 0 Å². The van der Waals surface area contributed by atoms with Crippen LogP contribution in [0.15, 0.2) is 60.7 Å². The van der Waals surface area contributed by atoms with Crippen LogP contribution in [0.3, 0.4) is 0 Å². The molecule has 3 heterocycles. The van der Waals surface area contributed by atoms with Crippen LogP contribution in [0.5, 0.6) is 0 Å². The van der Waals surface area contributed by atoms with Gasteiger partial charge in [-0.2, -0.15) is 5.06 Å². The molecular formula is C19H18N2O. The van der Waals surface area contributed by atoms with Crippen LogP contribution in [0.2, 0.25) is 0 Å². The van der Waals surface area contributed by atoms with E-state index in [9.17, 15) is 0 Å². The van der Waals surface area contributed by atoms with Crippen molar-refractivity contribution in [2.75, 3.05) is 0 Å². The first-order valence-corrected chi connectivity index (χ1v) is 7.94. The maximum Gasteiger partial charge on any atom is 0.0991 e. The third kappa shape index (κ3) is 1.83. The van der Waals surface area contributed by atoms with Crippen LogP contribution in [0, 0.1) is 0 Å². The van der Waals surface area contributed by atoms with Crippen LogP contribution in [0.1, 0.15) is 23.7 Å². The monoisotopic (exact) mass is 290 g/mol. The maximum atomic E-state index is 6.19. The molecule has 1 fully saturated rings.